The Morgan fingerprint density at radius 1 is 1.09 bits per heavy atom. The van der Waals surface area contributed by atoms with Gasteiger partial charge in [0.2, 0.25) is 11.8 Å². The van der Waals surface area contributed by atoms with Crippen molar-refractivity contribution in [1.29, 1.82) is 0 Å². The molecule has 1 aromatic rings. The van der Waals surface area contributed by atoms with Crippen LogP contribution in [0.2, 0.25) is 0 Å². The minimum atomic E-state index is -1.15. The van der Waals surface area contributed by atoms with Gasteiger partial charge in [-0.15, -0.1) is 0 Å². The van der Waals surface area contributed by atoms with Crippen LogP contribution in [0, 0.1) is 0 Å². The summed E-state index contributed by atoms with van der Waals surface area (Å²) in [5, 5.41) is 24.0. The molecule has 11 heteroatoms. The van der Waals surface area contributed by atoms with Gasteiger partial charge in [-0.25, -0.2) is 0 Å². The molecule has 2 aliphatic heterocycles. The molecule has 1 aromatic carbocycles. The Morgan fingerprint density at radius 2 is 1.78 bits per heavy atom. The molecule has 3 N–H and O–H groups in total. The third kappa shape index (κ3) is 9.08. The summed E-state index contributed by atoms with van der Waals surface area (Å²) in [7, 11) is 1.47. The van der Waals surface area contributed by atoms with E-state index in [4.69, 9.17) is 14.2 Å². The molecule has 11 nitrogen and oxygen atoms in total. The highest BCUT2D eigenvalue weighted by Crippen LogP contribution is 2.51. The van der Waals surface area contributed by atoms with Gasteiger partial charge in [0.05, 0.1) is 38.9 Å². The highest BCUT2D eigenvalue weighted by molar-refractivity contribution is 5.96. The van der Waals surface area contributed by atoms with Crippen molar-refractivity contribution >= 4 is 18.1 Å². The number of carbonyl (C=O) groups excluding carboxylic acids is 3. The average Bonchev–Trinajstić information content (AvgIpc) is 3.47. The first-order valence-corrected chi connectivity index (χ1v) is 17.2. The number of rotatable bonds is 19. The van der Waals surface area contributed by atoms with Crippen LogP contribution < -0.4 is 14.8 Å². The lowest BCUT2D eigenvalue weighted by Gasteiger charge is -2.41. The Morgan fingerprint density at radius 3 is 2.43 bits per heavy atom. The molecule has 2 amide bonds. The van der Waals surface area contributed by atoms with Gasteiger partial charge in [0.15, 0.2) is 11.5 Å². The third-order valence-corrected chi connectivity index (χ3v) is 9.35. The molecule has 3 aliphatic rings. The summed E-state index contributed by atoms with van der Waals surface area (Å²) in [5.41, 5.74) is 1.25. The third-order valence-electron chi connectivity index (χ3n) is 9.35. The zero-order valence-corrected chi connectivity index (χ0v) is 27.6. The van der Waals surface area contributed by atoms with Crippen LogP contribution in [0.3, 0.4) is 0 Å². The number of aliphatic hydroxyl groups excluding tert-OH is 2. The monoisotopic (exact) mass is 643 g/mol. The van der Waals surface area contributed by atoms with E-state index in [9.17, 15) is 24.6 Å². The van der Waals surface area contributed by atoms with E-state index >= 15 is 0 Å². The molecule has 46 heavy (non-hydrogen) atoms. The van der Waals surface area contributed by atoms with Crippen LogP contribution in [0.5, 0.6) is 11.5 Å². The Balaban J connectivity index is 1.57. The van der Waals surface area contributed by atoms with E-state index in [-0.39, 0.29) is 19.1 Å². The van der Waals surface area contributed by atoms with Crippen molar-refractivity contribution in [2.24, 2.45) is 0 Å². The second-order valence-electron chi connectivity index (χ2n) is 12.5. The first-order chi connectivity index (χ1) is 22.4. The van der Waals surface area contributed by atoms with Crippen molar-refractivity contribution < 1.29 is 38.8 Å². The van der Waals surface area contributed by atoms with Crippen LogP contribution in [-0.2, 0) is 14.3 Å². The number of methoxy groups -OCH3 is 1. The van der Waals surface area contributed by atoms with Crippen molar-refractivity contribution in [3.8, 4) is 11.5 Å². The number of fused-ring (bicyclic) bond motifs is 3. The van der Waals surface area contributed by atoms with Gasteiger partial charge in [0.1, 0.15) is 18.5 Å². The van der Waals surface area contributed by atoms with Gasteiger partial charge < -0.3 is 34.6 Å². The lowest BCUT2D eigenvalue weighted by molar-refractivity contribution is -0.137. The summed E-state index contributed by atoms with van der Waals surface area (Å²) in [6.45, 7) is 5.81. The minimum absolute atomic E-state index is 0.0461. The first-order valence-electron chi connectivity index (χ1n) is 17.2. The van der Waals surface area contributed by atoms with Crippen LogP contribution in [0.4, 0.5) is 0 Å². The zero-order chi connectivity index (χ0) is 32.9. The highest BCUT2D eigenvalue weighted by Gasteiger charge is 2.51. The molecule has 4 unspecified atom stereocenters. The SMILES string of the molecule is CCCCCCCCCCCC(=O)N(CCN1CCOCC1)C1C=C(C(=O)NCCO)C2c3cc(C=O)cc(OC)c3OC2C1O. The molecule has 0 saturated carbocycles. The van der Waals surface area contributed by atoms with Gasteiger partial charge in [-0.1, -0.05) is 58.3 Å². The topological polar surface area (TPSA) is 138 Å². The van der Waals surface area contributed by atoms with Crippen molar-refractivity contribution in [1.82, 2.24) is 15.1 Å². The molecule has 0 aromatic heterocycles. The van der Waals surface area contributed by atoms with Crippen molar-refractivity contribution in [2.45, 2.75) is 95.3 Å². The molecule has 0 spiro atoms. The van der Waals surface area contributed by atoms with Gasteiger partial charge in [-0.3, -0.25) is 19.3 Å². The van der Waals surface area contributed by atoms with E-state index in [0.717, 1.165) is 32.4 Å². The zero-order valence-electron chi connectivity index (χ0n) is 27.6. The van der Waals surface area contributed by atoms with Crippen LogP contribution in [0.1, 0.15) is 93.0 Å². The lowest BCUT2D eigenvalue weighted by Crippen LogP contribution is -2.57. The Kier molecular flexibility index (Phi) is 14.3. The average molecular weight is 644 g/mol. The summed E-state index contributed by atoms with van der Waals surface area (Å²) < 4.78 is 17.3. The molecule has 4 atom stereocenters. The van der Waals surface area contributed by atoms with E-state index in [0.29, 0.717) is 67.2 Å². The predicted octanol–water partition coefficient (Wildman–Crippen LogP) is 3.21. The number of aldehydes is 1. The normalized spacial score (nSPS) is 22.3. The van der Waals surface area contributed by atoms with Crippen LogP contribution in [-0.4, -0.2) is 116 Å². The lowest BCUT2D eigenvalue weighted by atomic mass is 9.77. The van der Waals surface area contributed by atoms with E-state index in [1.165, 1.54) is 45.6 Å². The van der Waals surface area contributed by atoms with Gasteiger partial charge in [0.25, 0.3) is 0 Å². The summed E-state index contributed by atoms with van der Waals surface area (Å²) in [6, 6.07) is 2.40. The Bertz CT molecular complexity index is 1180. The number of aliphatic hydroxyl groups is 2. The molecule has 256 valence electrons. The van der Waals surface area contributed by atoms with Crippen molar-refractivity contribution in [2.75, 3.05) is 59.7 Å². The predicted molar refractivity (Wildman–Crippen MR) is 174 cm³/mol. The number of hydrogen-bond acceptors (Lipinski definition) is 9. The molecule has 0 bridgehead atoms. The summed E-state index contributed by atoms with van der Waals surface area (Å²) >= 11 is 0. The fourth-order valence-electron chi connectivity index (χ4n) is 6.80. The number of hydrogen-bond donors (Lipinski definition) is 3. The quantitative estimate of drug-likeness (QED) is 0.153. The minimum Gasteiger partial charge on any atom is -0.493 e. The number of nitrogens with one attached hydrogen (secondary N) is 1. The Labute approximate surface area is 273 Å². The molecule has 2 heterocycles. The molecule has 1 saturated heterocycles. The summed E-state index contributed by atoms with van der Waals surface area (Å²) in [6.07, 6.45) is 11.0. The number of unbranched alkanes of at least 4 members (excludes halogenated alkanes) is 8. The van der Waals surface area contributed by atoms with E-state index in [2.05, 4.69) is 17.1 Å². The largest absolute Gasteiger partial charge is 0.493 e. The number of ether oxygens (including phenoxy) is 3. The maximum Gasteiger partial charge on any atom is 0.247 e. The molecule has 0 radical (unpaired) electrons. The Hall–Kier alpha value is -2.99. The standard InChI is InChI=1S/C35H53N3O8/c1-3-4-5-6-7-8-9-10-11-12-30(41)38(15-14-37-16-19-45-20-17-37)28-23-27(35(43)36-13-18-39)31-26-21-25(24-40)22-29(44-2)33(26)46-34(31)32(28)42/h21-24,28,31-32,34,39,42H,3-20H2,1-2H3,(H,36,43). The van der Waals surface area contributed by atoms with Gasteiger partial charge >= 0.3 is 0 Å². The van der Waals surface area contributed by atoms with Gasteiger partial charge in [-0.2, -0.15) is 0 Å². The van der Waals surface area contributed by atoms with Gasteiger partial charge in [-0.05, 0) is 24.6 Å². The second-order valence-corrected chi connectivity index (χ2v) is 12.5. The van der Waals surface area contributed by atoms with Crippen LogP contribution in [0.15, 0.2) is 23.8 Å². The number of morpholine rings is 1. The maximum atomic E-state index is 13.9. The van der Waals surface area contributed by atoms with E-state index in [1.54, 1.807) is 23.1 Å². The summed E-state index contributed by atoms with van der Waals surface area (Å²) in [4.78, 5) is 43.2. The highest BCUT2D eigenvalue weighted by atomic mass is 16.5. The van der Waals surface area contributed by atoms with Crippen LogP contribution >= 0.6 is 0 Å². The number of nitrogens with zero attached hydrogens (tertiary/aromatic N) is 2. The molecular weight excluding hydrogens is 590 g/mol. The molecule has 1 aliphatic carbocycles. The van der Waals surface area contributed by atoms with Crippen molar-refractivity contribution in [3.63, 3.8) is 0 Å². The fourth-order valence-corrected chi connectivity index (χ4v) is 6.80. The fraction of sp³-hybridized carbons (Fsp3) is 0.686. The molecular formula is C35H53N3O8. The van der Waals surface area contributed by atoms with Crippen LogP contribution in [0.25, 0.3) is 0 Å². The number of amides is 2. The maximum absolute atomic E-state index is 13.9. The van der Waals surface area contributed by atoms with Gasteiger partial charge in [0, 0.05) is 55.8 Å². The molecule has 4 rings (SSSR count). The molecule has 1 fully saturated rings. The van der Waals surface area contributed by atoms with Crippen molar-refractivity contribution in [3.05, 3.63) is 34.9 Å². The van der Waals surface area contributed by atoms with E-state index < -0.39 is 30.1 Å². The van der Waals surface area contributed by atoms with E-state index in [1.807, 2.05) is 0 Å². The second kappa shape index (κ2) is 18.4. The number of carbonyl (C=O) groups is 3. The summed E-state index contributed by atoms with van der Waals surface area (Å²) in [5.74, 6) is -0.487. The number of benzene rings is 1. The smallest absolute Gasteiger partial charge is 0.247 e. The first kappa shape index (κ1) is 35.9.